The Bertz CT molecular complexity index is 1110. The van der Waals surface area contributed by atoms with Gasteiger partial charge < -0.3 is 20.5 Å². The molecule has 2 aromatic heterocycles. The van der Waals surface area contributed by atoms with Gasteiger partial charge in [0.05, 0.1) is 11.7 Å². The molecule has 3 N–H and O–H groups in total. The molecule has 0 radical (unpaired) electrons. The van der Waals surface area contributed by atoms with E-state index in [9.17, 15) is 4.79 Å². The number of hydrogen-bond donors (Lipinski definition) is 3. The number of hydrogen-bond acceptors (Lipinski definition) is 3. The highest BCUT2D eigenvalue weighted by atomic mass is 32.1. The number of carbonyl (C=O) groups excluding carboxylic acids is 1. The fraction of sp³-hybridized carbons (Fsp3) is 0.292. The van der Waals surface area contributed by atoms with E-state index in [0.29, 0.717) is 5.11 Å². The van der Waals surface area contributed by atoms with Crippen LogP contribution in [0.2, 0.25) is 0 Å². The Labute approximate surface area is 188 Å². The minimum atomic E-state index is -0.0904. The number of H-pyrrole nitrogens is 1. The number of anilines is 2. The lowest BCUT2D eigenvalue weighted by Gasteiger charge is -2.27. The van der Waals surface area contributed by atoms with E-state index in [1.54, 1.807) is 6.20 Å². The highest BCUT2D eigenvalue weighted by molar-refractivity contribution is 7.80. The van der Waals surface area contributed by atoms with E-state index in [2.05, 4.69) is 43.7 Å². The number of rotatable bonds is 5. The number of nitrogens with zero attached hydrogens (tertiary/aromatic N) is 2. The fourth-order valence-electron chi connectivity index (χ4n) is 3.86. The van der Waals surface area contributed by atoms with Gasteiger partial charge in [0.1, 0.15) is 6.04 Å². The van der Waals surface area contributed by atoms with E-state index in [1.165, 1.54) is 0 Å². The maximum absolute atomic E-state index is 12.1. The SMILES string of the molecule is Cc1ccc([C@@H]2[C@H](c3ccccn3)NC(=S)N2c2ccc(NC(=O)C(C)C)c(C)c2)[nH]1. The van der Waals surface area contributed by atoms with E-state index in [-0.39, 0.29) is 23.9 Å². The normalized spacial score (nSPS) is 18.4. The first-order valence-corrected chi connectivity index (χ1v) is 10.8. The molecule has 1 fully saturated rings. The topological polar surface area (TPSA) is 73.1 Å². The van der Waals surface area contributed by atoms with E-state index in [1.807, 2.05) is 58.0 Å². The van der Waals surface area contributed by atoms with Crippen LogP contribution in [0.4, 0.5) is 11.4 Å². The molecule has 0 saturated carbocycles. The molecule has 160 valence electrons. The number of aryl methyl sites for hydroxylation is 2. The summed E-state index contributed by atoms with van der Waals surface area (Å²) in [6.45, 7) is 7.80. The lowest BCUT2D eigenvalue weighted by atomic mass is 10.0. The zero-order valence-corrected chi connectivity index (χ0v) is 19.0. The summed E-state index contributed by atoms with van der Waals surface area (Å²) in [5, 5.41) is 7.11. The van der Waals surface area contributed by atoms with Crippen molar-refractivity contribution in [3.05, 3.63) is 77.4 Å². The Kier molecular flexibility index (Phi) is 5.78. The van der Waals surface area contributed by atoms with Gasteiger partial charge in [-0.25, -0.2) is 0 Å². The second-order valence-corrected chi connectivity index (χ2v) is 8.62. The predicted octanol–water partition coefficient (Wildman–Crippen LogP) is 4.80. The maximum atomic E-state index is 12.1. The Hall–Kier alpha value is -3.19. The van der Waals surface area contributed by atoms with Gasteiger partial charge in [-0.05, 0) is 74.1 Å². The third kappa shape index (κ3) is 4.18. The van der Waals surface area contributed by atoms with Crippen LogP contribution >= 0.6 is 12.2 Å². The van der Waals surface area contributed by atoms with E-state index in [4.69, 9.17) is 12.2 Å². The third-order valence-electron chi connectivity index (χ3n) is 5.54. The van der Waals surface area contributed by atoms with Crippen molar-refractivity contribution in [1.82, 2.24) is 15.3 Å². The molecular formula is C24H27N5OS. The first kappa shape index (κ1) is 21.1. The Morgan fingerprint density at radius 1 is 1.16 bits per heavy atom. The number of pyridine rings is 1. The summed E-state index contributed by atoms with van der Waals surface area (Å²) >= 11 is 5.77. The summed E-state index contributed by atoms with van der Waals surface area (Å²) in [6, 6.07) is 15.9. The Morgan fingerprint density at radius 2 is 1.97 bits per heavy atom. The van der Waals surface area contributed by atoms with Crippen LogP contribution in [0, 0.1) is 19.8 Å². The monoisotopic (exact) mass is 433 g/mol. The van der Waals surface area contributed by atoms with E-state index < -0.39 is 0 Å². The largest absolute Gasteiger partial charge is 0.361 e. The zero-order valence-electron chi connectivity index (χ0n) is 18.1. The molecule has 3 aromatic rings. The second-order valence-electron chi connectivity index (χ2n) is 8.24. The lowest BCUT2D eigenvalue weighted by molar-refractivity contribution is -0.118. The zero-order chi connectivity index (χ0) is 22.1. The molecule has 1 aliphatic rings. The van der Waals surface area contributed by atoms with Crippen LogP contribution in [-0.4, -0.2) is 21.0 Å². The van der Waals surface area contributed by atoms with Crippen molar-refractivity contribution >= 4 is 34.6 Å². The van der Waals surface area contributed by atoms with Crippen molar-refractivity contribution in [3.63, 3.8) is 0 Å². The summed E-state index contributed by atoms with van der Waals surface area (Å²) in [5.74, 6) is -0.0711. The van der Waals surface area contributed by atoms with Crippen molar-refractivity contribution in [2.75, 3.05) is 10.2 Å². The number of amides is 1. The highest BCUT2D eigenvalue weighted by Crippen LogP contribution is 2.41. The summed E-state index contributed by atoms with van der Waals surface area (Å²) in [6.07, 6.45) is 1.80. The van der Waals surface area contributed by atoms with E-state index >= 15 is 0 Å². The van der Waals surface area contributed by atoms with Crippen molar-refractivity contribution in [3.8, 4) is 0 Å². The molecule has 0 unspecified atom stereocenters. The van der Waals surface area contributed by atoms with E-state index in [0.717, 1.165) is 34.0 Å². The molecule has 31 heavy (non-hydrogen) atoms. The smallest absolute Gasteiger partial charge is 0.226 e. The lowest BCUT2D eigenvalue weighted by Crippen LogP contribution is -2.29. The van der Waals surface area contributed by atoms with Gasteiger partial charge in [-0.15, -0.1) is 0 Å². The van der Waals surface area contributed by atoms with Crippen LogP contribution < -0.4 is 15.5 Å². The Balaban J connectivity index is 1.73. The van der Waals surface area contributed by atoms with Crippen LogP contribution in [0.15, 0.2) is 54.7 Å². The molecule has 0 aliphatic carbocycles. The highest BCUT2D eigenvalue weighted by Gasteiger charge is 2.41. The number of thiocarbonyl (C=S) groups is 1. The van der Waals surface area contributed by atoms with Crippen LogP contribution in [0.5, 0.6) is 0 Å². The molecule has 4 rings (SSSR count). The van der Waals surface area contributed by atoms with Crippen molar-refractivity contribution in [2.45, 2.75) is 39.8 Å². The quantitative estimate of drug-likeness (QED) is 0.504. The average Bonchev–Trinajstić information content (AvgIpc) is 3.32. The van der Waals surface area contributed by atoms with Crippen molar-refractivity contribution < 1.29 is 4.79 Å². The molecule has 3 heterocycles. The molecule has 1 saturated heterocycles. The average molecular weight is 434 g/mol. The number of aromatic amines is 1. The molecule has 2 atom stereocenters. The standard InChI is InChI=1S/C24H27N5OS/c1-14(2)23(30)27-18-11-9-17(13-15(18)3)29-22(20-10-8-16(4)26-20)21(28-24(29)31)19-7-5-6-12-25-19/h5-14,21-22,26H,1-4H3,(H,27,30)(H,28,31)/t21-,22+/m0/s1. The summed E-state index contributed by atoms with van der Waals surface area (Å²) < 4.78 is 0. The maximum Gasteiger partial charge on any atom is 0.226 e. The molecule has 0 spiro atoms. The second kappa shape index (κ2) is 8.51. The summed E-state index contributed by atoms with van der Waals surface area (Å²) in [7, 11) is 0. The third-order valence-corrected chi connectivity index (χ3v) is 5.86. The summed E-state index contributed by atoms with van der Waals surface area (Å²) in [5.41, 5.74) is 5.85. The van der Waals surface area contributed by atoms with Gasteiger partial charge in [0, 0.05) is 34.9 Å². The Morgan fingerprint density at radius 3 is 2.58 bits per heavy atom. The molecule has 1 aromatic carbocycles. The van der Waals surface area contributed by atoms with Crippen LogP contribution in [0.3, 0.4) is 0 Å². The van der Waals surface area contributed by atoms with Gasteiger partial charge in [-0.2, -0.15) is 0 Å². The fourth-order valence-corrected chi connectivity index (χ4v) is 4.21. The number of aromatic nitrogens is 2. The van der Waals surface area contributed by atoms with Gasteiger partial charge in [-0.3, -0.25) is 9.78 Å². The van der Waals surface area contributed by atoms with Crippen LogP contribution in [-0.2, 0) is 4.79 Å². The van der Waals surface area contributed by atoms with Gasteiger partial charge >= 0.3 is 0 Å². The molecule has 1 amide bonds. The van der Waals surface area contributed by atoms with Gasteiger partial charge in [0.15, 0.2) is 5.11 Å². The molecule has 7 heteroatoms. The number of nitrogens with one attached hydrogen (secondary N) is 3. The molecule has 6 nitrogen and oxygen atoms in total. The first-order chi connectivity index (χ1) is 14.8. The molecular weight excluding hydrogens is 406 g/mol. The van der Waals surface area contributed by atoms with Crippen molar-refractivity contribution in [1.29, 1.82) is 0 Å². The van der Waals surface area contributed by atoms with Gasteiger partial charge in [-0.1, -0.05) is 19.9 Å². The molecule has 0 bridgehead atoms. The van der Waals surface area contributed by atoms with Crippen LogP contribution in [0.25, 0.3) is 0 Å². The number of benzene rings is 1. The van der Waals surface area contributed by atoms with Gasteiger partial charge in [0.25, 0.3) is 0 Å². The molecule has 1 aliphatic heterocycles. The summed E-state index contributed by atoms with van der Waals surface area (Å²) in [4.78, 5) is 22.3. The van der Waals surface area contributed by atoms with Gasteiger partial charge in [0.2, 0.25) is 5.91 Å². The van der Waals surface area contributed by atoms with Crippen molar-refractivity contribution in [2.24, 2.45) is 5.92 Å². The minimum absolute atomic E-state index is 0.00385. The number of carbonyl (C=O) groups is 1. The minimum Gasteiger partial charge on any atom is -0.361 e. The first-order valence-electron chi connectivity index (χ1n) is 10.4. The van der Waals surface area contributed by atoms with Crippen LogP contribution in [0.1, 0.15) is 48.6 Å². The predicted molar refractivity (Wildman–Crippen MR) is 128 cm³/mol.